The zero-order chi connectivity index (χ0) is 24.1. The second kappa shape index (κ2) is 10.9. The lowest BCUT2D eigenvalue weighted by atomic mass is 9.99. The summed E-state index contributed by atoms with van der Waals surface area (Å²) in [5.41, 5.74) is 6.79. The van der Waals surface area contributed by atoms with Crippen molar-refractivity contribution < 1.29 is 13.2 Å². The molecule has 7 heteroatoms. The van der Waals surface area contributed by atoms with Crippen LogP contribution in [0.1, 0.15) is 73.4 Å². The van der Waals surface area contributed by atoms with E-state index >= 15 is 0 Å². The lowest BCUT2D eigenvalue weighted by Crippen LogP contribution is -2.41. The first kappa shape index (κ1) is 24.7. The van der Waals surface area contributed by atoms with E-state index in [1.165, 1.54) is 22.3 Å². The van der Waals surface area contributed by atoms with Gasteiger partial charge in [0.25, 0.3) is 0 Å². The number of anilines is 1. The molecule has 2 aromatic carbocycles. The Bertz CT molecular complexity index is 1080. The van der Waals surface area contributed by atoms with Gasteiger partial charge in [0.2, 0.25) is 10.0 Å². The number of rotatable bonds is 10. The van der Waals surface area contributed by atoms with Gasteiger partial charge in [-0.2, -0.15) is 0 Å². The Balaban J connectivity index is 1.52. The predicted octanol–water partition coefficient (Wildman–Crippen LogP) is 4.98. The molecule has 184 valence electrons. The fourth-order valence-electron chi connectivity index (χ4n) is 5.58. The number of carbonyl (C=O) groups excluding carboxylic acids is 1. The SMILES string of the molecule is CCCN(CCC)C(CS(=O)(=O)NC(=O)Nc1c2c(cc3c1CCC3)CCC2)c1ccccc1. The lowest BCUT2D eigenvalue weighted by molar-refractivity contribution is 0.212. The summed E-state index contributed by atoms with van der Waals surface area (Å²) in [6.45, 7) is 5.80. The molecule has 4 rings (SSSR count). The van der Waals surface area contributed by atoms with Crippen LogP contribution in [0.3, 0.4) is 0 Å². The minimum atomic E-state index is -3.86. The van der Waals surface area contributed by atoms with Gasteiger partial charge >= 0.3 is 6.03 Å². The molecule has 34 heavy (non-hydrogen) atoms. The number of urea groups is 1. The molecule has 0 spiro atoms. The van der Waals surface area contributed by atoms with Gasteiger partial charge in [-0.05, 0) is 92.3 Å². The van der Waals surface area contributed by atoms with Gasteiger partial charge in [-0.1, -0.05) is 50.2 Å². The highest BCUT2D eigenvalue weighted by Crippen LogP contribution is 2.38. The number of nitrogens with zero attached hydrogens (tertiary/aromatic N) is 1. The van der Waals surface area contributed by atoms with E-state index in [1.807, 2.05) is 30.3 Å². The number of hydrogen-bond donors (Lipinski definition) is 2. The first-order valence-corrected chi connectivity index (χ1v) is 14.3. The standard InChI is InChI=1S/C27H37N3O3S/c1-3-16-30(17-4-2)25(20-10-6-5-7-11-20)19-34(32,33)29-27(31)28-26-23-14-8-12-21(23)18-22-13-9-15-24(22)26/h5-7,10-11,18,25H,3-4,8-9,12-17,19H2,1-2H3,(H2,28,29,31). The molecule has 2 N–H and O–H groups in total. The summed E-state index contributed by atoms with van der Waals surface area (Å²) in [4.78, 5) is 15.2. The average molecular weight is 484 g/mol. The molecule has 0 aliphatic heterocycles. The summed E-state index contributed by atoms with van der Waals surface area (Å²) in [6, 6.07) is 11.1. The third-order valence-corrected chi connectivity index (χ3v) is 8.23. The number of carbonyl (C=O) groups is 1. The molecule has 2 amide bonds. The van der Waals surface area contributed by atoms with Crippen molar-refractivity contribution in [1.82, 2.24) is 9.62 Å². The van der Waals surface area contributed by atoms with E-state index in [9.17, 15) is 13.2 Å². The number of aryl methyl sites for hydroxylation is 2. The summed E-state index contributed by atoms with van der Waals surface area (Å²) >= 11 is 0. The largest absolute Gasteiger partial charge is 0.332 e. The third-order valence-electron chi connectivity index (χ3n) is 6.98. The molecule has 1 atom stereocenters. The first-order chi connectivity index (χ1) is 16.4. The van der Waals surface area contributed by atoms with Crippen molar-refractivity contribution in [3.05, 3.63) is 64.2 Å². The quantitative estimate of drug-likeness (QED) is 0.500. The molecule has 0 heterocycles. The maximum absolute atomic E-state index is 13.2. The molecule has 1 unspecified atom stereocenters. The van der Waals surface area contributed by atoms with Gasteiger partial charge in [0.1, 0.15) is 0 Å². The van der Waals surface area contributed by atoms with Crippen LogP contribution in [0.2, 0.25) is 0 Å². The predicted molar refractivity (Wildman–Crippen MR) is 138 cm³/mol. The van der Waals surface area contributed by atoms with Crippen LogP contribution in [0.25, 0.3) is 0 Å². The van der Waals surface area contributed by atoms with E-state index in [0.717, 1.165) is 75.7 Å². The van der Waals surface area contributed by atoms with E-state index in [0.29, 0.717) is 0 Å². The highest BCUT2D eigenvalue weighted by molar-refractivity contribution is 7.90. The van der Waals surface area contributed by atoms with Gasteiger partial charge in [-0.3, -0.25) is 4.90 Å². The van der Waals surface area contributed by atoms with E-state index in [-0.39, 0.29) is 11.8 Å². The van der Waals surface area contributed by atoms with Crippen LogP contribution in [0, 0.1) is 0 Å². The minimum Gasteiger partial charge on any atom is -0.307 e. The fraction of sp³-hybridized carbons (Fsp3) is 0.519. The van der Waals surface area contributed by atoms with Crippen molar-refractivity contribution in [2.75, 3.05) is 24.2 Å². The Morgan fingerprint density at radius 2 is 1.53 bits per heavy atom. The summed E-state index contributed by atoms with van der Waals surface area (Å²) in [7, 11) is -3.86. The van der Waals surface area contributed by atoms with Crippen molar-refractivity contribution in [1.29, 1.82) is 0 Å². The van der Waals surface area contributed by atoms with Crippen LogP contribution in [0.15, 0.2) is 36.4 Å². The zero-order valence-corrected chi connectivity index (χ0v) is 21.2. The molecule has 0 fully saturated rings. The van der Waals surface area contributed by atoms with E-state index in [1.54, 1.807) is 0 Å². The molecule has 2 aliphatic rings. The number of benzene rings is 2. The molecule has 0 saturated carbocycles. The summed E-state index contributed by atoms with van der Waals surface area (Å²) in [6.07, 6.45) is 7.95. The molecular formula is C27H37N3O3S. The fourth-order valence-corrected chi connectivity index (χ4v) is 6.82. The summed E-state index contributed by atoms with van der Waals surface area (Å²) < 4.78 is 28.7. The van der Waals surface area contributed by atoms with Crippen LogP contribution >= 0.6 is 0 Å². The highest BCUT2D eigenvalue weighted by atomic mass is 32.2. The third kappa shape index (κ3) is 5.63. The average Bonchev–Trinajstić information content (AvgIpc) is 3.47. The molecule has 2 aliphatic carbocycles. The zero-order valence-electron chi connectivity index (χ0n) is 20.4. The van der Waals surface area contributed by atoms with Crippen molar-refractivity contribution in [2.24, 2.45) is 0 Å². The molecule has 6 nitrogen and oxygen atoms in total. The molecule has 2 aromatic rings. The van der Waals surface area contributed by atoms with Gasteiger partial charge in [0.15, 0.2) is 0 Å². The first-order valence-electron chi connectivity index (χ1n) is 12.7. The van der Waals surface area contributed by atoms with E-state index in [4.69, 9.17) is 0 Å². The molecule has 0 saturated heterocycles. The van der Waals surface area contributed by atoms with Crippen molar-refractivity contribution in [3.8, 4) is 0 Å². The van der Waals surface area contributed by atoms with Crippen LogP contribution in [-0.4, -0.2) is 38.2 Å². The van der Waals surface area contributed by atoms with Crippen LogP contribution in [0.4, 0.5) is 10.5 Å². The summed E-state index contributed by atoms with van der Waals surface area (Å²) in [5, 5.41) is 2.95. The van der Waals surface area contributed by atoms with Crippen molar-refractivity contribution >= 4 is 21.7 Å². The number of hydrogen-bond acceptors (Lipinski definition) is 4. The van der Waals surface area contributed by atoms with Crippen molar-refractivity contribution in [3.63, 3.8) is 0 Å². The van der Waals surface area contributed by atoms with Gasteiger partial charge in [-0.25, -0.2) is 17.9 Å². The normalized spacial score (nSPS) is 15.7. The monoisotopic (exact) mass is 483 g/mol. The highest BCUT2D eigenvalue weighted by Gasteiger charge is 2.29. The molecule has 0 radical (unpaired) electrons. The minimum absolute atomic E-state index is 0.157. The Kier molecular flexibility index (Phi) is 7.94. The Morgan fingerprint density at radius 3 is 2.09 bits per heavy atom. The van der Waals surface area contributed by atoms with Crippen LogP contribution in [-0.2, 0) is 35.7 Å². The Hall–Kier alpha value is -2.38. The molecular weight excluding hydrogens is 446 g/mol. The van der Waals surface area contributed by atoms with Crippen LogP contribution in [0.5, 0.6) is 0 Å². The Morgan fingerprint density at radius 1 is 0.941 bits per heavy atom. The smallest absolute Gasteiger partial charge is 0.307 e. The summed E-state index contributed by atoms with van der Waals surface area (Å²) in [5.74, 6) is -0.157. The van der Waals surface area contributed by atoms with Gasteiger partial charge in [0.05, 0.1) is 11.8 Å². The maximum atomic E-state index is 13.2. The number of sulfonamides is 1. The van der Waals surface area contributed by atoms with Gasteiger partial charge < -0.3 is 5.32 Å². The van der Waals surface area contributed by atoms with Crippen molar-refractivity contribution in [2.45, 2.75) is 71.3 Å². The van der Waals surface area contributed by atoms with E-state index < -0.39 is 16.1 Å². The van der Waals surface area contributed by atoms with Gasteiger partial charge in [-0.15, -0.1) is 0 Å². The topological polar surface area (TPSA) is 78.5 Å². The van der Waals surface area contributed by atoms with Gasteiger partial charge in [0, 0.05) is 5.69 Å². The number of fused-ring (bicyclic) bond motifs is 2. The Labute approximate surface area is 204 Å². The second-order valence-electron chi connectivity index (χ2n) is 9.53. The number of nitrogens with one attached hydrogen (secondary N) is 2. The van der Waals surface area contributed by atoms with E-state index in [2.05, 4.69) is 34.9 Å². The molecule has 0 aromatic heterocycles. The van der Waals surface area contributed by atoms with Crippen LogP contribution < -0.4 is 10.0 Å². The second-order valence-corrected chi connectivity index (χ2v) is 11.3. The number of amides is 2. The molecule has 0 bridgehead atoms. The maximum Gasteiger partial charge on any atom is 0.332 e. The lowest BCUT2D eigenvalue weighted by Gasteiger charge is -2.31.